The van der Waals surface area contributed by atoms with E-state index in [0.717, 1.165) is 25.7 Å². The molecule has 0 aromatic heterocycles. The van der Waals surface area contributed by atoms with E-state index in [1.54, 1.807) is 11.8 Å². The van der Waals surface area contributed by atoms with Crippen molar-refractivity contribution in [1.29, 1.82) is 0 Å². The summed E-state index contributed by atoms with van der Waals surface area (Å²) in [7, 11) is 0. The number of nitrogens with zero attached hydrogens (tertiary/aromatic N) is 2. The zero-order valence-electron chi connectivity index (χ0n) is 12.5. The van der Waals surface area contributed by atoms with Crippen molar-refractivity contribution in [3.63, 3.8) is 0 Å². The van der Waals surface area contributed by atoms with Crippen LogP contribution in [0.15, 0.2) is 5.16 Å². The van der Waals surface area contributed by atoms with Crippen molar-refractivity contribution in [2.24, 2.45) is 16.3 Å². The van der Waals surface area contributed by atoms with Gasteiger partial charge in [0.1, 0.15) is 5.41 Å². The van der Waals surface area contributed by atoms with Crippen molar-refractivity contribution in [3.8, 4) is 0 Å². The fourth-order valence-corrected chi connectivity index (χ4v) is 2.82. The van der Waals surface area contributed by atoms with Crippen molar-refractivity contribution < 1.29 is 15.1 Å². The van der Waals surface area contributed by atoms with E-state index in [0.29, 0.717) is 13.0 Å². The van der Waals surface area contributed by atoms with E-state index in [4.69, 9.17) is 10.9 Å². The Bertz CT molecular complexity index is 354. The van der Waals surface area contributed by atoms with Crippen LogP contribution >= 0.6 is 0 Å². The summed E-state index contributed by atoms with van der Waals surface area (Å²) >= 11 is 0. The largest absolute Gasteiger partial charge is 0.409 e. The van der Waals surface area contributed by atoms with Gasteiger partial charge in [-0.3, -0.25) is 4.79 Å². The molecular weight excluding hydrogens is 258 g/mol. The quantitative estimate of drug-likeness (QED) is 0.296. The zero-order valence-corrected chi connectivity index (χ0v) is 12.5. The molecule has 1 rings (SSSR count). The Morgan fingerprint density at radius 3 is 2.45 bits per heavy atom. The van der Waals surface area contributed by atoms with Gasteiger partial charge >= 0.3 is 0 Å². The average molecular weight is 285 g/mol. The van der Waals surface area contributed by atoms with Crippen LogP contribution in [0.4, 0.5) is 0 Å². The Labute approximate surface area is 120 Å². The fourth-order valence-electron chi connectivity index (χ4n) is 2.82. The molecule has 1 aliphatic carbocycles. The van der Waals surface area contributed by atoms with E-state index < -0.39 is 5.41 Å². The SMILES string of the molecule is CCC(C)(C(=O)N(CCO)C1CCCCC1)C(N)=NO. The zero-order chi connectivity index (χ0) is 15.2. The number of carbonyl (C=O) groups excluding carboxylic acids is 1. The summed E-state index contributed by atoms with van der Waals surface area (Å²) in [5.41, 5.74) is 4.70. The molecule has 0 spiro atoms. The number of carbonyl (C=O) groups is 1. The lowest BCUT2D eigenvalue weighted by Crippen LogP contribution is -2.53. The topological polar surface area (TPSA) is 99.2 Å². The molecule has 0 bridgehead atoms. The summed E-state index contributed by atoms with van der Waals surface area (Å²) in [6.07, 6.45) is 5.78. The van der Waals surface area contributed by atoms with Crippen molar-refractivity contribution in [1.82, 2.24) is 4.90 Å². The number of aliphatic hydroxyl groups excluding tert-OH is 1. The highest BCUT2D eigenvalue weighted by atomic mass is 16.4. The minimum absolute atomic E-state index is 0.0660. The van der Waals surface area contributed by atoms with E-state index in [1.807, 2.05) is 6.92 Å². The highest BCUT2D eigenvalue weighted by Gasteiger charge is 2.41. The summed E-state index contributed by atoms with van der Waals surface area (Å²) in [4.78, 5) is 14.6. The van der Waals surface area contributed by atoms with Gasteiger partial charge in [-0.25, -0.2) is 0 Å². The third kappa shape index (κ3) is 3.42. The highest BCUT2D eigenvalue weighted by molar-refractivity contribution is 6.06. The maximum absolute atomic E-state index is 12.8. The number of hydrogen-bond acceptors (Lipinski definition) is 4. The van der Waals surface area contributed by atoms with E-state index in [9.17, 15) is 9.90 Å². The van der Waals surface area contributed by atoms with Crippen LogP contribution in [0.3, 0.4) is 0 Å². The van der Waals surface area contributed by atoms with Crippen molar-refractivity contribution in [3.05, 3.63) is 0 Å². The molecule has 0 aromatic rings. The van der Waals surface area contributed by atoms with Crippen LogP contribution in [0.25, 0.3) is 0 Å². The van der Waals surface area contributed by atoms with E-state index in [1.165, 1.54) is 6.42 Å². The first-order valence-electron chi connectivity index (χ1n) is 7.41. The molecule has 0 radical (unpaired) electrons. The van der Waals surface area contributed by atoms with Crippen LogP contribution in [0.5, 0.6) is 0 Å². The summed E-state index contributed by atoms with van der Waals surface area (Å²) in [6, 6.07) is 0.153. The average Bonchev–Trinajstić information content (AvgIpc) is 2.51. The smallest absolute Gasteiger partial charge is 0.236 e. The number of rotatable bonds is 6. The molecule has 0 aromatic carbocycles. The number of aliphatic hydroxyl groups is 1. The van der Waals surface area contributed by atoms with Gasteiger partial charge in [-0.05, 0) is 26.2 Å². The molecule has 0 aliphatic heterocycles. The van der Waals surface area contributed by atoms with Crippen LogP contribution in [0.1, 0.15) is 52.4 Å². The molecule has 1 aliphatic rings. The number of amides is 1. The predicted octanol–water partition coefficient (Wildman–Crippen LogP) is 1.30. The standard InChI is InChI=1S/C14H27N3O3/c1-3-14(2,12(15)16-20)13(19)17(9-10-18)11-7-5-4-6-8-11/h11,18,20H,3-10H2,1-2H3,(H2,15,16). The van der Waals surface area contributed by atoms with Crippen LogP contribution in [0, 0.1) is 5.41 Å². The second-order valence-corrected chi connectivity index (χ2v) is 5.68. The van der Waals surface area contributed by atoms with Gasteiger partial charge in [0.15, 0.2) is 5.84 Å². The van der Waals surface area contributed by atoms with Gasteiger partial charge in [-0.2, -0.15) is 0 Å². The lowest BCUT2D eigenvalue weighted by atomic mass is 9.83. The van der Waals surface area contributed by atoms with Gasteiger partial charge < -0.3 is 20.9 Å². The minimum atomic E-state index is -1.01. The molecule has 1 saturated carbocycles. The molecule has 116 valence electrons. The van der Waals surface area contributed by atoms with Gasteiger partial charge in [0.05, 0.1) is 6.61 Å². The molecule has 0 saturated heterocycles. The number of oxime groups is 1. The maximum atomic E-state index is 12.8. The molecular formula is C14H27N3O3. The van der Waals surface area contributed by atoms with Gasteiger partial charge in [0, 0.05) is 12.6 Å². The highest BCUT2D eigenvalue weighted by Crippen LogP contribution is 2.29. The first kappa shape index (κ1) is 16.8. The molecule has 1 atom stereocenters. The molecule has 1 amide bonds. The molecule has 6 nitrogen and oxygen atoms in total. The fraction of sp³-hybridized carbons (Fsp3) is 0.857. The Morgan fingerprint density at radius 2 is 2.00 bits per heavy atom. The number of amidine groups is 1. The Morgan fingerprint density at radius 1 is 1.40 bits per heavy atom. The molecule has 1 fully saturated rings. The number of hydrogen-bond donors (Lipinski definition) is 3. The minimum Gasteiger partial charge on any atom is -0.409 e. The summed E-state index contributed by atoms with van der Waals surface area (Å²) < 4.78 is 0. The first-order valence-corrected chi connectivity index (χ1v) is 7.41. The summed E-state index contributed by atoms with van der Waals surface area (Å²) in [6.45, 7) is 3.77. The third-order valence-corrected chi connectivity index (χ3v) is 4.47. The molecule has 6 heteroatoms. The van der Waals surface area contributed by atoms with Gasteiger partial charge in [0.25, 0.3) is 0 Å². The van der Waals surface area contributed by atoms with Crippen LogP contribution in [-0.2, 0) is 4.79 Å². The normalized spacial score (nSPS) is 20.4. The van der Waals surface area contributed by atoms with Gasteiger partial charge in [0.2, 0.25) is 5.91 Å². The molecule has 0 heterocycles. The Balaban J connectivity index is 2.96. The molecule has 4 N–H and O–H groups in total. The lowest BCUT2D eigenvalue weighted by Gasteiger charge is -2.39. The Kier molecular flexibility index (Phi) is 6.26. The Hall–Kier alpha value is -1.30. The summed E-state index contributed by atoms with van der Waals surface area (Å²) in [5.74, 6) is -0.222. The van der Waals surface area contributed by atoms with Crippen LogP contribution in [0.2, 0.25) is 0 Å². The van der Waals surface area contributed by atoms with Gasteiger partial charge in [-0.1, -0.05) is 31.3 Å². The monoisotopic (exact) mass is 285 g/mol. The first-order chi connectivity index (χ1) is 9.51. The third-order valence-electron chi connectivity index (χ3n) is 4.47. The van der Waals surface area contributed by atoms with Crippen molar-refractivity contribution >= 4 is 11.7 Å². The predicted molar refractivity (Wildman–Crippen MR) is 77.5 cm³/mol. The van der Waals surface area contributed by atoms with E-state index >= 15 is 0 Å². The number of nitrogens with two attached hydrogens (primary N) is 1. The van der Waals surface area contributed by atoms with E-state index in [2.05, 4.69) is 5.16 Å². The lowest BCUT2D eigenvalue weighted by molar-refractivity contribution is -0.141. The van der Waals surface area contributed by atoms with Crippen LogP contribution < -0.4 is 5.73 Å². The van der Waals surface area contributed by atoms with Crippen LogP contribution in [-0.4, -0.2) is 46.1 Å². The van der Waals surface area contributed by atoms with E-state index in [-0.39, 0.29) is 24.4 Å². The maximum Gasteiger partial charge on any atom is 0.236 e. The molecule has 20 heavy (non-hydrogen) atoms. The second kappa shape index (κ2) is 7.47. The van der Waals surface area contributed by atoms with Gasteiger partial charge in [-0.15, -0.1) is 0 Å². The van der Waals surface area contributed by atoms with Crippen molar-refractivity contribution in [2.45, 2.75) is 58.4 Å². The second-order valence-electron chi connectivity index (χ2n) is 5.68. The van der Waals surface area contributed by atoms with Crippen molar-refractivity contribution in [2.75, 3.05) is 13.2 Å². The molecule has 1 unspecified atom stereocenters. The summed E-state index contributed by atoms with van der Waals surface area (Å²) in [5, 5.41) is 21.2.